The van der Waals surface area contributed by atoms with Gasteiger partial charge in [0.15, 0.2) is 0 Å². The molecule has 3 heterocycles. The second-order valence-corrected chi connectivity index (χ2v) is 8.78. The molecule has 1 aromatic carbocycles. The molecule has 1 spiro atoms. The molecule has 2 aliphatic rings. The first kappa shape index (κ1) is 19.4. The Bertz CT molecular complexity index is 846. The summed E-state index contributed by atoms with van der Waals surface area (Å²) in [4.78, 5) is 28.0. The van der Waals surface area contributed by atoms with Crippen LogP contribution >= 0.6 is 23.4 Å². The van der Waals surface area contributed by atoms with Crippen LogP contribution in [0.5, 0.6) is 0 Å². The smallest absolute Gasteiger partial charge is 0.237 e. The SMILES string of the molecule is O=C(CCl)N1CCC2(CC1)SCC(=O)N2CCc1ccc(-c2ccccc2)o1. The van der Waals surface area contributed by atoms with Crippen molar-refractivity contribution in [1.82, 2.24) is 9.80 Å². The third-order valence-electron chi connectivity index (χ3n) is 5.57. The highest BCUT2D eigenvalue weighted by Gasteiger charge is 2.47. The van der Waals surface area contributed by atoms with Gasteiger partial charge in [-0.05, 0) is 25.0 Å². The van der Waals surface area contributed by atoms with E-state index in [1.165, 1.54) is 0 Å². The number of amides is 2. The molecule has 2 fully saturated rings. The average Bonchev–Trinajstić information content (AvgIpc) is 3.33. The van der Waals surface area contributed by atoms with E-state index < -0.39 is 0 Å². The Morgan fingerprint density at radius 3 is 2.61 bits per heavy atom. The molecular weight excluding hydrogens is 396 g/mol. The van der Waals surface area contributed by atoms with Gasteiger partial charge in [0.2, 0.25) is 11.8 Å². The number of thioether (sulfide) groups is 1. The van der Waals surface area contributed by atoms with Crippen LogP contribution in [0, 0.1) is 0 Å². The molecular formula is C21H23ClN2O3S. The second-order valence-electron chi connectivity index (χ2n) is 7.18. The maximum atomic E-state index is 12.5. The molecule has 0 radical (unpaired) electrons. The molecule has 28 heavy (non-hydrogen) atoms. The van der Waals surface area contributed by atoms with E-state index in [-0.39, 0.29) is 22.6 Å². The third kappa shape index (κ3) is 3.80. The van der Waals surface area contributed by atoms with Gasteiger partial charge in [0.25, 0.3) is 0 Å². The first-order valence-corrected chi connectivity index (χ1v) is 11.1. The Kier molecular flexibility index (Phi) is 5.69. The van der Waals surface area contributed by atoms with Gasteiger partial charge < -0.3 is 14.2 Å². The number of furan rings is 1. The van der Waals surface area contributed by atoms with Gasteiger partial charge in [-0.2, -0.15) is 0 Å². The summed E-state index contributed by atoms with van der Waals surface area (Å²) >= 11 is 7.40. The van der Waals surface area contributed by atoms with Gasteiger partial charge in [-0.15, -0.1) is 23.4 Å². The van der Waals surface area contributed by atoms with E-state index in [1.54, 1.807) is 16.7 Å². The van der Waals surface area contributed by atoms with Crippen LogP contribution in [0.2, 0.25) is 0 Å². The highest BCUT2D eigenvalue weighted by molar-refractivity contribution is 8.01. The number of piperidine rings is 1. The average molecular weight is 419 g/mol. The summed E-state index contributed by atoms with van der Waals surface area (Å²) < 4.78 is 5.99. The van der Waals surface area contributed by atoms with Crippen molar-refractivity contribution in [2.45, 2.75) is 24.1 Å². The Balaban J connectivity index is 1.40. The first-order chi connectivity index (χ1) is 13.6. The molecule has 7 heteroatoms. The zero-order valence-electron chi connectivity index (χ0n) is 15.6. The molecule has 0 bridgehead atoms. The fourth-order valence-electron chi connectivity index (χ4n) is 4.00. The third-order valence-corrected chi connectivity index (χ3v) is 7.36. The normalized spacial score (nSPS) is 18.8. The van der Waals surface area contributed by atoms with Gasteiger partial charge >= 0.3 is 0 Å². The van der Waals surface area contributed by atoms with E-state index >= 15 is 0 Å². The molecule has 5 nitrogen and oxygen atoms in total. The molecule has 148 valence electrons. The molecule has 2 saturated heterocycles. The predicted octanol–water partition coefficient (Wildman–Crippen LogP) is 3.62. The molecule has 0 aliphatic carbocycles. The summed E-state index contributed by atoms with van der Waals surface area (Å²) in [5.41, 5.74) is 1.05. The van der Waals surface area contributed by atoms with Gasteiger partial charge in [-0.3, -0.25) is 9.59 Å². The van der Waals surface area contributed by atoms with Gasteiger partial charge in [0, 0.05) is 31.6 Å². The maximum Gasteiger partial charge on any atom is 0.237 e. The minimum Gasteiger partial charge on any atom is -0.461 e. The van der Waals surface area contributed by atoms with Crippen LogP contribution in [0.25, 0.3) is 11.3 Å². The van der Waals surface area contributed by atoms with Crippen molar-refractivity contribution >= 4 is 35.2 Å². The highest BCUT2D eigenvalue weighted by Crippen LogP contribution is 2.44. The molecule has 2 amide bonds. The Hall–Kier alpha value is -1.92. The van der Waals surface area contributed by atoms with Crippen LogP contribution in [-0.4, -0.2) is 57.8 Å². The summed E-state index contributed by atoms with van der Waals surface area (Å²) in [6.07, 6.45) is 2.27. The highest BCUT2D eigenvalue weighted by atomic mass is 35.5. The Morgan fingerprint density at radius 1 is 1.14 bits per heavy atom. The van der Waals surface area contributed by atoms with Crippen molar-refractivity contribution in [3.05, 3.63) is 48.2 Å². The summed E-state index contributed by atoms with van der Waals surface area (Å²) in [5.74, 6) is 2.41. The van der Waals surface area contributed by atoms with Crippen molar-refractivity contribution in [3.63, 3.8) is 0 Å². The molecule has 4 rings (SSSR count). The zero-order valence-corrected chi connectivity index (χ0v) is 17.2. The van der Waals surface area contributed by atoms with Crippen LogP contribution < -0.4 is 0 Å². The van der Waals surface area contributed by atoms with Gasteiger partial charge in [0.1, 0.15) is 17.4 Å². The van der Waals surface area contributed by atoms with E-state index in [2.05, 4.69) is 0 Å². The first-order valence-electron chi connectivity index (χ1n) is 9.54. The number of rotatable bonds is 5. The Labute approximate surface area is 174 Å². The molecule has 0 saturated carbocycles. The molecule has 2 aromatic rings. The largest absolute Gasteiger partial charge is 0.461 e. The standard InChI is InChI=1S/C21H23ClN2O3S/c22-14-19(25)23-12-9-21(10-13-23)24(20(26)15-28-21)11-8-17-6-7-18(27-17)16-4-2-1-3-5-16/h1-7H,8-15H2. The molecule has 2 aliphatic heterocycles. The quantitative estimate of drug-likeness (QED) is 0.696. The van der Waals surface area contributed by atoms with Crippen LogP contribution in [0.3, 0.4) is 0 Å². The molecule has 0 atom stereocenters. The van der Waals surface area contributed by atoms with Crippen molar-refractivity contribution in [2.24, 2.45) is 0 Å². The number of halogens is 1. The lowest BCUT2D eigenvalue weighted by molar-refractivity contribution is -0.133. The van der Waals surface area contributed by atoms with Gasteiger partial charge in [-0.1, -0.05) is 30.3 Å². The lowest BCUT2D eigenvalue weighted by Gasteiger charge is -2.44. The van der Waals surface area contributed by atoms with Crippen LogP contribution in [0.4, 0.5) is 0 Å². The molecule has 0 unspecified atom stereocenters. The number of alkyl halides is 1. The van der Waals surface area contributed by atoms with Crippen LogP contribution in [0.15, 0.2) is 46.9 Å². The summed E-state index contributed by atoms with van der Waals surface area (Å²) in [7, 11) is 0. The van der Waals surface area contributed by atoms with Crippen LogP contribution in [-0.2, 0) is 16.0 Å². The van der Waals surface area contributed by atoms with Crippen molar-refractivity contribution in [3.8, 4) is 11.3 Å². The summed E-state index contributed by atoms with van der Waals surface area (Å²) in [6.45, 7) is 1.94. The van der Waals surface area contributed by atoms with E-state index in [4.69, 9.17) is 16.0 Å². The number of benzene rings is 1. The van der Waals surface area contributed by atoms with E-state index in [9.17, 15) is 9.59 Å². The topological polar surface area (TPSA) is 53.8 Å². The number of hydrogen-bond donors (Lipinski definition) is 0. The lowest BCUT2D eigenvalue weighted by atomic mass is 10.0. The van der Waals surface area contributed by atoms with Crippen molar-refractivity contribution in [2.75, 3.05) is 31.3 Å². The number of carbonyl (C=O) groups is 2. The van der Waals surface area contributed by atoms with Crippen molar-refractivity contribution < 1.29 is 14.0 Å². The monoisotopic (exact) mass is 418 g/mol. The number of hydrogen-bond acceptors (Lipinski definition) is 4. The van der Waals surface area contributed by atoms with Gasteiger partial charge in [0.05, 0.1) is 10.6 Å². The molecule has 1 aromatic heterocycles. The van der Waals surface area contributed by atoms with Gasteiger partial charge in [-0.25, -0.2) is 0 Å². The fraction of sp³-hybridized carbons (Fsp3) is 0.429. The van der Waals surface area contributed by atoms with E-state index in [0.29, 0.717) is 31.8 Å². The zero-order chi connectivity index (χ0) is 19.6. The minimum atomic E-state index is -0.199. The van der Waals surface area contributed by atoms with Crippen LogP contribution in [0.1, 0.15) is 18.6 Å². The lowest BCUT2D eigenvalue weighted by Crippen LogP contribution is -2.53. The number of carbonyl (C=O) groups excluding carboxylic acids is 2. The number of likely N-dealkylation sites (tertiary alicyclic amines) is 1. The predicted molar refractivity (Wildman–Crippen MR) is 111 cm³/mol. The van der Waals surface area contributed by atoms with Crippen molar-refractivity contribution in [1.29, 1.82) is 0 Å². The van der Waals surface area contributed by atoms with E-state index in [1.807, 2.05) is 47.4 Å². The summed E-state index contributed by atoms with van der Waals surface area (Å²) in [6, 6.07) is 14.0. The Morgan fingerprint density at radius 2 is 1.89 bits per heavy atom. The van der Waals surface area contributed by atoms with E-state index in [0.717, 1.165) is 29.9 Å². The minimum absolute atomic E-state index is 0.0189. The number of nitrogens with zero attached hydrogens (tertiary/aromatic N) is 2. The molecule has 0 N–H and O–H groups in total. The fourth-order valence-corrected chi connectivity index (χ4v) is 5.54. The second kappa shape index (κ2) is 8.21. The maximum absolute atomic E-state index is 12.5. The summed E-state index contributed by atoms with van der Waals surface area (Å²) in [5, 5.41) is 0.